The molecule has 0 saturated carbocycles. The molecule has 1 unspecified atom stereocenters. The number of carbonyl (C=O) groups excluding carboxylic acids is 3. The number of cyclic esters (lactones) is 1. The van der Waals surface area contributed by atoms with Crippen molar-refractivity contribution in [3.63, 3.8) is 0 Å². The van der Waals surface area contributed by atoms with Crippen molar-refractivity contribution >= 4 is 28.8 Å². The molecule has 1 spiro atoms. The molecule has 1 aromatic heterocycles. The quantitative estimate of drug-likeness (QED) is 0.352. The first-order valence-corrected chi connectivity index (χ1v) is 15.2. The Labute approximate surface area is 254 Å². The van der Waals surface area contributed by atoms with Crippen LogP contribution in [-0.4, -0.2) is 84.7 Å². The summed E-state index contributed by atoms with van der Waals surface area (Å²) in [6.45, 7) is 1.92. The van der Waals surface area contributed by atoms with E-state index < -0.39 is 53.6 Å². The lowest BCUT2D eigenvalue weighted by molar-refractivity contribution is -0.162. The van der Waals surface area contributed by atoms with Gasteiger partial charge in [-0.05, 0) is 43.9 Å². The van der Waals surface area contributed by atoms with Gasteiger partial charge in [0.15, 0.2) is 0 Å². The number of rotatable bonds is 5. The number of para-hydroxylation sites is 1. The van der Waals surface area contributed by atoms with Crippen molar-refractivity contribution in [1.82, 2.24) is 24.8 Å². The molecule has 2 saturated heterocycles. The van der Waals surface area contributed by atoms with E-state index in [0.717, 1.165) is 18.4 Å². The molecule has 11 nitrogen and oxygen atoms in total. The molecule has 1 N–H and O–H groups in total. The first-order valence-electron chi connectivity index (χ1n) is 15.2. The monoisotopic (exact) mass is 597 g/mol. The van der Waals surface area contributed by atoms with E-state index in [0.29, 0.717) is 17.5 Å². The molecule has 6 atom stereocenters. The molecule has 4 aliphatic heterocycles. The van der Waals surface area contributed by atoms with Gasteiger partial charge in [-0.1, -0.05) is 72.0 Å². The number of aliphatic hydroxyl groups is 1. The smallest absolute Gasteiger partial charge is 0.313 e. The number of aliphatic hydroxyl groups excluding tert-OH is 1. The van der Waals surface area contributed by atoms with Gasteiger partial charge in [-0.25, -0.2) is 4.68 Å². The molecule has 2 aromatic carbocycles. The van der Waals surface area contributed by atoms with Gasteiger partial charge >= 0.3 is 5.97 Å². The molecule has 2 amide bonds. The Bertz CT molecular complexity index is 1650. The average molecular weight is 598 g/mol. The molecule has 4 aliphatic rings. The third kappa shape index (κ3) is 4.36. The summed E-state index contributed by atoms with van der Waals surface area (Å²) in [6.07, 6.45) is 9.81. The number of aromatic nitrogens is 3. The number of benzene rings is 2. The van der Waals surface area contributed by atoms with Crippen LogP contribution >= 0.6 is 0 Å². The number of nitrogens with zero attached hydrogens (tertiary/aromatic N) is 5. The molecule has 5 heterocycles. The SMILES string of the molecule is C[C@]12/C=C\CCCCOC(=O)[C@H]1[C@H]1C(=O)N([C@H](CO)c3ccccc3)C3C(=O)N(Cn4nnc5ccccc54)CC=C[C@@]31O2. The van der Waals surface area contributed by atoms with Crippen molar-refractivity contribution in [3.05, 3.63) is 84.5 Å². The molecule has 0 aliphatic carbocycles. The number of likely N-dealkylation sites (tertiary alicyclic amines) is 1. The van der Waals surface area contributed by atoms with E-state index in [2.05, 4.69) is 10.3 Å². The van der Waals surface area contributed by atoms with Gasteiger partial charge in [-0.15, -0.1) is 5.10 Å². The number of fused-ring (bicyclic) bond motifs is 3. The summed E-state index contributed by atoms with van der Waals surface area (Å²) in [5.74, 6) is -3.36. The molecule has 0 bridgehead atoms. The third-order valence-electron chi connectivity index (χ3n) is 9.44. The Hall–Kier alpha value is -4.35. The lowest BCUT2D eigenvalue weighted by atomic mass is 9.74. The number of amides is 2. The second-order valence-electron chi connectivity index (χ2n) is 12.1. The van der Waals surface area contributed by atoms with Crippen LogP contribution in [0.2, 0.25) is 0 Å². The fraction of sp³-hybridized carbons (Fsp3) is 0.424. The standard InChI is InChI=1S/C33H35N5O6/c1-32-16-9-2-3-10-19-43-31(42)27(32)26-29(40)38(25(20-39)22-12-5-4-6-13-22)28-30(41)36(18-11-17-33(26,28)44-32)21-37-24-15-8-7-14-23(24)34-35-37/h4-9,11-17,25-28,39H,2-3,10,18-21H2,1H3/b16-9-/t25-,26+,27-,28?,32+,33+/m1/s1. The zero-order chi connectivity index (χ0) is 30.5. The molecule has 3 aromatic rings. The Morgan fingerprint density at radius 2 is 1.77 bits per heavy atom. The number of carbonyl (C=O) groups is 3. The lowest BCUT2D eigenvalue weighted by Gasteiger charge is -2.40. The van der Waals surface area contributed by atoms with Crippen LogP contribution in [0.4, 0.5) is 0 Å². The largest absolute Gasteiger partial charge is 0.465 e. The summed E-state index contributed by atoms with van der Waals surface area (Å²) in [6, 6.07) is 14.6. The first kappa shape index (κ1) is 28.4. The van der Waals surface area contributed by atoms with E-state index in [1.807, 2.05) is 72.8 Å². The number of hydrogen-bond acceptors (Lipinski definition) is 8. The number of hydrogen-bond donors (Lipinski definition) is 1. The molecule has 44 heavy (non-hydrogen) atoms. The number of allylic oxidation sites excluding steroid dienone is 1. The minimum atomic E-state index is -1.48. The summed E-state index contributed by atoms with van der Waals surface area (Å²) < 4.78 is 14.3. The van der Waals surface area contributed by atoms with E-state index in [9.17, 15) is 19.5 Å². The predicted octanol–water partition coefficient (Wildman–Crippen LogP) is 2.78. The summed E-state index contributed by atoms with van der Waals surface area (Å²) in [5.41, 5.74) is -0.538. The summed E-state index contributed by atoms with van der Waals surface area (Å²) in [4.78, 5) is 46.4. The van der Waals surface area contributed by atoms with Crippen LogP contribution in [0.25, 0.3) is 11.0 Å². The first-order chi connectivity index (χ1) is 21.4. The van der Waals surface area contributed by atoms with E-state index in [1.54, 1.807) is 22.6 Å². The average Bonchev–Trinajstić information content (AvgIpc) is 3.59. The van der Waals surface area contributed by atoms with Gasteiger partial charge in [-0.2, -0.15) is 0 Å². The molecule has 0 radical (unpaired) electrons. The van der Waals surface area contributed by atoms with Crippen LogP contribution in [0.1, 0.15) is 37.8 Å². The van der Waals surface area contributed by atoms with Crippen LogP contribution in [0, 0.1) is 11.8 Å². The van der Waals surface area contributed by atoms with E-state index in [-0.39, 0.29) is 25.7 Å². The predicted molar refractivity (Wildman–Crippen MR) is 158 cm³/mol. The van der Waals surface area contributed by atoms with Crippen LogP contribution in [0.15, 0.2) is 78.9 Å². The van der Waals surface area contributed by atoms with Crippen molar-refractivity contribution in [2.45, 2.75) is 56.1 Å². The molecule has 228 valence electrons. The second kappa shape index (κ2) is 11.0. The van der Waals surface area contributed by atoms with Crippen LogP contribution in [0.3, 0.4) is 0 Å². The molecule has 7 rings (SSSR count). The summed E-state index contributed by atoms with van der Waals surface area (Å²) in [7, 11) is 0. The topological polar surface area (TPSA) is 127 Å². The fourth-order valence-corrected chi connectivity index (χ4v) is 7.46. The number of esters is 1. The van der Waals surface area contributed by atoms with E-state index in [4.69, 9.17) is 9.47 Å². The highest BCUT2D eigenvalue weighted by Crippen LogP contribution is 2.58. The van der Waals surface area contributed by atoms with Crippen LogP contribution < -0.4 is 0 Å². The van der Waals surface area contributed by atoms with Crippen molar-refractivity contribution in [2.75, 3.05) is 19.8 Å². The highest BCUT2D eigenvalue weighted by atomic mass is 16.6. The van der Waals surface area contributed by atoms with Gasteiger partial charge in [0, 0.05) is 6.54 Å². The Morgan fingerprint density at radius 1 is 0.977 bits per heavy atom. The third-order valence-corrected chi connectivity index (χ3v) is 9.44. The van der Waals surface area contributed by atoms with Crippen molar-refractivity contribution in [3.8, 4) is 0 Å². The Morgan fingerprint density at radius 3 is 2.59 bits per heavy atom. The minimum Gasteiger partial charge on any atom is -0.465 e. The molecule has 11 heteroatoms. The Kier molecular flexibility index (Phi) is 7.09. The molecule has 2 fully saturated rings. The summed E-state index contributed by atoms with van der Waals surface area (Å²) >= 11 is 0. The van der Waals surface area contributed by atoms with Crippen molar-refractivity contribution in [1.29, 1.82) is 0 Å². The van der Waals surface area contributed by atoms with Gasteiger partial charge in [0.05, 0.1) is 36.3 Å². The van der Waals surface area contributed by atoms with Crippen molar-refractivity contribution in [2.24, 2.45) is 11.8 Å². The maximum atomic E-state index is 14.8. The van der Waals surface area contributed by atoms with Gasteiger partial charge < -0.3 is 24.4 Å². The zero-order valence-electron chi connectivity index (χ0n) is 24.5. The fourth-order valence-electron chi connectivity index (χ4n) is 7.46. The highest BCUT2D eigenvalue weighted by Gasteiger charge is 2.75. The van der Waals surface area contributed by atoms with Gasteiger partial charge in [0.25, 0.3) is 5.91 Å². The van der Waals surface area contributed by atoms with Gasteiger partial charge in [0.1, 0.15) is 29.7 Å². The van der Waals surface area contributed by atoms with Crippen molar-refractivity contribution < 1.29 is 29.0 Å². The second-order valence-corrected chi connectivity index (χ2v) is 12.1. The van der Waals surface area contributed by atoms with Gasteiger partial charge in [-0.3, -0.25) is 14.4 Å². The minimum absolute atomic E-state index is 0.0841. The highest BCUT2D eigenvalue weighted by molar-refractivity contribution is 5.99. The molecular weight excluding hydrogens is 562 g/mol. The maximum absolute atomic E-state index is 14.8. The maximum Gasteiger partial charge on any atom is 0.313 e. The summed E-state index contributed by atoms with van der Waals surface area (Å²) in [5, 5.41) is 19.3. The lowest BCUT2D eigenvalue weighted by Crippen LogP contribution is -2.57. The van der Waals surface area contributed by atoms with Crippen LogP contribution in [0.5, 0.6) is 0 Å². The molecular formula is C33H35N5O6. The normalized spacial score (nSPS) is 31.7. The van der Waals surface area contributed by atoms with Crippen LogP contribution in [-0.2, 0) is 30.5 Å². The zero-order valence-corrected chi connectivity index (χ0v) is 24.5. The van der Waals surface area contributed by atoms with Gasteiger partial charge in [0.2, 0.25) is 5.91 Å². The Balaban J connectivity index is 1.36. The van der Waals surface area contributed by atoms with E-state index in [1.165, 1.54) is 4.90 Å². The van der Waals surface area contributed by atoms with E-state index >= 15 is 0 Å². The number of ether oxygens (including phenoxy) is 2.